The van der Waals surface area contributed by atoms with Gasteiger partial charge in [0.05, 0.1) is 12.5 Å². The second-order valence-electron chi connectivity index (χ2n) is 4.86. The van der Waals surface area contributed by atoms with Crippen LogP contribution in [0.4, 0.5) is 0 Å². The number of amides is 1. The maximum Gasteiger partial charge on any atom is 0.246 e. The summed E-state index contributed by atoms with van der Waals surface area (Å²) in [6, 6.07) is 3.30. The number of rotatable bonds is 4. The minimum atomic E-state index is -3.24. The van der Waals surface area contributed by atoms with E-state index in [1.165, 1.54) is 12.3 Å². The summed E-state index contributed by atoms with van der Waals surface area (Å²) in [5, 5.41) is 0. The van der Waals surface area contributed by atoms with Crippen molar-refractivity contribution in [1.82, 2.24) is 9.62 Å². The Hall–Kier alpha value is -1.60. The van der Waals surface area contributed by atoms with Crippen LogP contribution >= 0.6 is 0 Å². The molecule has 6 nitrogen and oxygen atoms in total. The molecule has 2 heterocycles. The van der Waals surface area contributed by atoms with Crippen molar-refractivity contribution >= 4 is 22.0 Å². The maximum atomic E-state index is 12.0. The molecule has 0 radical (unpaired) electrons. The fourth-order valence-corrected chi connectivity index (χ4v) is 3.02. The highest BCUT2D eigenvalue weighted by molar-refractivity contribution is 7.88. The molecule has 0 saturated carbocycles. The molecule has 0 spiro atoms. The van der Waals surface area contributed by atoms with Crippen molar-refractivity contribution in [3.8, 4) is 0 Å². The zero-order chi connectivity index (χ0) is 14.6. The van der Waals surface area contributed by atoms with Gasteiger partial charge in [0, 0.05) is 25.2 Å². The van der Waals surface area contributed by atoms with E-state index in [-0.39, 0.29) is 11.9 Å². The van der Waals surface area contributed by atoms with Crippen LogP contribution in [-0.2, 0) is 14.8 Å². The Morgan fingerprint density at radius 3 is 3.00 bits per heavy atom. The van der Waals surface area contributed by atoms with Crippen molar-refractivity contribution in [3.63, 3.8) is 0 Å². The first-order valence-corrected chi connectivity index (χ1v) is 8.31. The Bertz CT molecular complexity index is 578. The number of nitrogens with one attached hydrogen (secondary N) is 1. The van der Waals surface area contributed by atoms with Crippen LogP contribution in [0.2, 0.25) is 0 Å². The Morgan fingerprint density at radius 1 is 1.55 bits per heavy atom. The highest BCUT2D eigenvalue weighted by Gasteiger charge is 2.24. The van der Waals surface area contributed by atoms with Crippen LogP contribution in [0.3, 0.4) is 0 Å². The van der Waals surface area contributed by atoms with Crippen LogP contribution in [0, 0.1) is 0 Å². The monoisotopic (exact) mass is 298 g/mol. The topological polar surface area (TPSA) is 79.6 Å². The van der Waals surface area contributed by atoms with E-state index in [4.69, 9.17) is 4.42 Å². The van der Waals surface area contributed by atoms with Gasteiger partial charge in [-0.1, -0.05) is 0 Å². The van der Waals surface area contributed by atoms with E-state index >= 15 is 0 Å². The molecule has 1 atom stereocenters. The maximum absolute atomic E-state index is 12.0. The summed E-state index contributed by atoms with van der Waals surface area (Å²) in [7, 11) is -3.24. The number of likely N-dealkylation sites (tertiary alicyclic amines) is 1. The molecule has 20 heavy (non-hydrogen) atoms. The van der Waals surface area contributed by atoms with Gasteiger partial charge >= 0.3 is 0 Å². The molecular formula is C13H18N2O4S. The summed E-state index contributed by atoms with van der Waals surface area (Å²) in [6.45, 7) is 1.04. The standard InChI is InChI=1S/C13H18N2O4S/c1-20(17,18)14-11-4-2-8-15(10-11)13(16)7-6-12-5-3-9-19-12/h3,5-7,9,11,14H,2,4,8,10H2,1H3/b7-6+/t11-/m0/s1. The molecular weight excluding hydrogens is 280 g/mol. The van der Waals surface area contributed by atoms with E-state index in [1.807, 2.05) is 0 Å². The number of hydrogen-bond acceptors (Lipinski definition) is 4. The number of nitrogens with zero attached hydrogens (tertiary/aromatic N) is 1. The quantitative estimate of drug-likeness (QED) is 0.835. The number of hydrogen-bond donors (Lipinski definition) is 1. The predicted molar refractivity (Wildman–Crippen MR) is 75.3 cm³/mol. The van der Waals surface area contributed by atoms with Gasteiger partial charge in [-0.25, -0.2) is 13.1 Å². The van der Waals surface area contributed by atoms with Crippen molar-refractivity contribution in [2.45, 2.75) is 18.9 Å². The largest absolute Gasteiger partial charge is 0.465 e. The van der Waals surface area contributed by atoms with Gasteiger partial charge < -0.3 is 9.32 Å². The first-order chi connectivity index (χ1) is 9.44. The van der Waals surface area contributed by atoms with Gasteiger partial charge in [-0.15, -0.1) is 0 Å². The Labute approximate surface area is 118 Å². The molecule has 0 bridgehead atoms. The molecule has 2 rings (SSSR count). The van der Waals surface area contributed by atoms with Crippen LogP contribution in [0.25, 0.3) is 6.08 Å². The molecule has 0 aliphatic carbocycles. The molecule has 0 aromatic carbocycles. The molecule has 1 amide bonds. The van der Waals surface area contributed by atoms with Gasteiger partial charge in [-0.3, -0.25) is 4.79 Å². The third-order valence-electron chi connectivity index (χ3n) is 3.05. The van der Waals surface area contributed by atoms with Gasteiger partial charge in [-0.05, 0) is 31.1 Å². The van der Waals surface area contributed by atoms with E-state index in [9.17, 15) is 13.2 Å². The lowest BCUT2D eigenvalue weighted by Crippen LogP contribution is -2.48. The average molecular weight is 298 g/mol. The zero-order valence-corrected chi connectivity index (χ0v) is 12.1. The van der Waals surface area contributed by atoms with E-state index in [1.54, 1.807) is 23.1 Å². The lowest BCUT2D eigenvalue weighted by molar-refractivity contribution is -0.127. The first-order valence-electron chi connectivity index (χ1n) is 6.42. The fraction of sp³-hybridized carbons (Fsp3) is 0.462. The lowest BCUT2D eigenvalue weighted by Gasteiger charge is -2.32. The van der Waals surface area contributed by atoms with E-state index in [2.05, 4.69) is 4.72 Å². The Morgan fingerprint density at radius 2 is 2.35 bits per heavy atom. The van der Waals surface area contributed by atoms with E-state index < -0.39 is 10.0 Å². The zero-order valence-electron chi connectivity index (χ0n) is 11.3. The Kier molecular flexibility index (Phi) is 4.61. The molecule has 1 aromatic rings. The van der Waals surface area contributed by atoms with Crippen LogP contribution in [0.15, 0.2) is 28.9 Å². The summed E-state index contributed by atoms with van der Waals surface area (Å²) in [4.78, 5) is 13.7. The molecule has 1 aromatic heterocycles. The van der Waals surface area contributed by atoms with Crippen LogP contribution in [-0.4, -0.2) is 44.6 Å². The van der Waals surface area contributed by atoms with Crippen molar-refractivity contribution < 1.29 is 17.6 Å². The molecule has 1 aliphatic rings. The minimum Gasteiger partial charge on any atom is -0.465 e. The van der Waals surface area contributed by atoms with Gasteiger partial charge in [-0.2, -0.15) is 0 Å². The summed E-state index contributed by atoms with van der Waals surface area (Å²) in [5.41, 5.74) is 0. The van der Waals surface area contributed by atoms with Crippen molar-refractivity contribution in [2.75, 3.05) is 19.3 Å². The smallest absolute Gasteiger partial charge is 0.246 e. The summed E-state index contributed by atoms with van der Waals surface area (Å²) < 4.78 is 30.1. The molecule has 7 heteroatoms. The molecule has 1 N–H and O–H groups in total. The molecule has 0 unspecified atom stereocenters. The second-order valence-corrected chi connectivity index (χ2v) is 6.64. The fourth-order valence-electron chi connectivity index (χ4n) is 2.22. The highest BCUT2D eigenvalue weighted by Crippen LogP contribution is 2.12. The number of sulfonamides is 1. The summed E-state index contributed by atoms with van der Waals surface area (Å²) in [5.74, 6) is 0.475. The van der Waals surface area contributed by atoms with Crippen molar-refractivity contribution in [3.05, 3.63) is 30.2 Å². The first kappa shape index (κ1) is 14.8. The SMILES string of the molecule is CS(=O)(=O)N[C@H]1CCCN(C(=O)/C=C/c2ccco2)C1. The third-order valence-corrected chi connectivity index (χ3v) is 3.81. The lowest BCUT2D eigenvalue weighted by atomic mass is 10.1. The van der Waals surface area contributed by atoms with Gasteiger partial charge in [0.1, 0.15) is 5.76 Å². The van der Waals surface area contributed by atoms with E-state index in [0.717, 1.165) is 19.1 Å². The minimum absolute atomic E-state index is 0.138. The van der Waals surface area contributed by atoms with Crippen molar-refractivity contribution in [2.24, 2.45) is 0 Å². The molecule has 1 fully saturated rings. The summed E-state index contributed by atoms with van der Waals surface area (Å²) in [6.07, 6.45) is 7.26. The number of furan rings is 1. The molecule has 110 valence electrons. The van der Waals surface area contributed by atoms with E-state index in [0.29, 0.717) is 18.8 Å². The normalized spacial score (nSPS) is 20.4. The van der Waals surface area contributed by atoms with Gasteiger partial charge in [0.25, 0.3) is 0 Å². The summed E-state index contributed by atoms with van der Waals surface area (Å²) >= 11 is 0. The number of carbonyl (C=O) groups is 1. The van der Waals surface area contributed by atoms with Crippen molar-refractivity contribution in [1.29, 1.82) is 0 Å². The number of carbonyl (C=O) groups excluding carboxylic acids is 1. The van der Waals surface area contributed by atoms with Crippen LogP contribution in [0.1, 0.15) is 18.6 Å². The van der Waals surface area contributed by atoms with Gasteiger partial charge in [0.15, 0.2) is 0 Å². The molecule has 1 aliphatic heterocycles. The second kappa shape index (κ2) is 6.23. The average Bonchev–Trinajstić information content (AvgIpc) is 2.87. The highest BCUT2D eigenvalue weighted by atomic mass is 32.2. The van der Waals surface area contributed by atoms with Crippen LogP contribution < -0.4 is 4.72 Å². The Balaban J connectivity index is 1.93. The third kappa shape index (κ3) is 4.50. The van der Waals surface area contributed by atoms with Gasteiger partial charge in [0.2, 0.25) is 15.9 Å². The van der Waals surface area contributed by atoms with Crippen LogP contribution in [0.5, 0.6) is 0 Å². The molecule has 1 saturated heterocycles. The predicted octanol–water partition coefficient (Wildman–Crippen LogP) is 0.833. The number of piperidine rings is 1.